The molecule has 0 atom stereocenters. The lowest BCUT2D eigenvalue weighted by Crippen LogP contribution is -2.25. The summed E-state index contributed by atoms with van der Waals surface area (Å²) in [5, 5.41) is 5.30. The van der Waals surface area contributed by atoms with Gasteiger partial charge in [-0.05, 0) is 30.3 Å². The van der Waals surface area contributed by atoms with Crippen molar-refractivity contribution in [3.05, 3.63) is 85.0 Å². The van der Waals surface area contributed by atoms with Crippen LogP contribution in [0, 0.1) is 0 Å². The molecule has 2 aromatic rings. The molecule has 0 saturated heterocycles. The van der Waals surface area contributed by atoms with Crippen molar-refractivity contribution in [3.63, 3.8) is 0 Å². The first-order valence-corrected chi connectivity index (χ1v) is 9.87. The topological polar surface area (TPSA) is 104 Å². The molecular weight excluding hydrogens is 378 g/mol. The average molecular weight is 399 g/mol. The number of para-hydroxylation sites is 1. The largest absolute Gasteiger partial charge is 0.349 e. The highest BCUT2D eigenvalue weighted by atomic mass is 32.2. The number of hydrogen-bond donors (Lipinski definition) is 3. The van der Waals surface area contributed by atoms with Gasteiger partial charge in [0, 0.05) is 18.7 Å². The maximum absolute atomic E-state index is 12.6. The Morgan fingerprint density at radius 1 is 0.929 bits per heavy atom. The molecule has 0 radical (unpaired) electrons. The lowest BCUT2D eigenvalue weighted by atomic mass is 10.1. The van der Waals surface area contributed by atoms with E-state index < -0.39 is 15.9 Å². The second-order valence-corrected chi connectivity index (χ2v) is 7.43. The molecule has 0 aliphatic carbocycles. The lowest BCUT2D eigenvalue weighted by molar-refractivity contribution is 0.0959. The van der Waals surface area contributed by atoms with Gasteiger partial charge in [0.2, 0.25) is 10.0 Å². The maximum atomic E-state index is 12.6. The molecule has 28 heavy (non-hydrogen) atoms. The van der Waals surface area contributed by atoms with Crippen LogP contribution in [0.25, 0.3) is 0 Å². The number of sulfonamides is 1. The highest BCUT2D eigenvalue weighted by Gasteiger charge is 2.17. The molecule has 0 fully saturated rings. The Hall–Kier alpha value is -3.23. The number of carbonyl (C=O) groups is 2. The van der Waals surface area contributed by atoms with E-state index >= 15 is 0 Å². The van der Waals surface area contributed by atoms with E-state index in [9.17, 15) is 18.0 Å². The Kier molecular flexibility index (Phi) is 7.25. The molecule has 7 nitrogen and oxygen atoms in total. The van der Waals surface area contributed by atoms with E-state index in [1.807, 2.05) is 0 Å². The molecule has 0 heterocycles. The molecule has 0 unspecified atom stereocenters. The Labute approximate surface area is 164 Å². The SMILES string of the molecule is C=CCNC(=O)c1ccccc1NC(=O)c1cccc(S(=O)(=O)NCC=C)c1. The van der Waals surface area contributed by atoms with Crippen molar-refractivity contribution in [1.82, 2.24) is 10.0 Å². The van der Waals surface area contributed by atoms with Crippen LogP contribution in [-0.2, 0) is 10.0 Å². The summed E-state index contributed by atoms with van der Waals surface area (Å²) in [6.07, 6.45) is 2.97. The predicted octanol–water partition coefficient (Wildman–Crippen LogP) is 2.32. The number of carbonyl (C=O) groups excluding carboxylic acids is 2. The Balaban J connectivity index is 2.25. The quantitative estimate of drug-likeness (QED) is 0.563. The zero-order chi connectivity index (χ0) is 20.6. The van der Waals surface area contributed by atoms with Gasteiger partial charge in [0.05, 0.1) is 16.1 Å². The van der Waals surface area contributed by atoms with E-state index in [0.717, 1.165) is 0 Å². The van der Waals surface area contributed by atoms with E-state index in [1.54, 1.807) is 30.3 Å². The summed E-state index contributed by atoms with van der Waals surface area (Å²) in [5.74, 6) is -0.898. The molecule has 8 heteroatoms. The first-order chi connectivity index (χ1) is 13.4. The standard InChI is InChI=1S/C20H21N3O4S/c1-3-12-21-20(25)17-10-5-6-11-18(17)23-19(24)15-8-7-9-16(14-15)28(26,27)22-13-4-2/h3-11,14,22H,1-2,12-13H2,(H,21,25)(H,23,24). The van der Waals surface area contributed by atoms with Crippen LogP contribution in [0.5, 0.6) is 0 Å². The minimum absolute atomic E-state index is 0.0426. The summed E-state index contributed by atoms with van der Waals surface area (Å²) < 4.78 is 26.8. The molecule has 0 aliphatic heterocycles. The van der Waals surface area contributed by atoms with E-state index in [1.165, 1.54) is 30.3 Å². The molecule has 0 aliphatic rings. The number of hydrogen-bond acceptors (Lipinski definition) is 4. The number of anilines is 1. The third-order valence-corrected chi connectivity index (χ3v) is 5.07. The Morgan fingerprint density at radius 2 is 1.64 bits per heavy atom. The number of amides is 2. The van der Waals surface area contributed by atoms with Crippen LogP contribution in [-0.4, -0.2) is 33.3 Å². The van der Waals surface area contributed by atoms with Crippen LogP contribution in [0.1, 0.15) is 20.7 Å². The monoisotopic (exact) mass is 399 g/mol. The molecule has 0 saturated carbocycles. The molecule has 3 N–H and O–H groups in total. The van der Waals surface area contributed by atoms with Crippen LogP contribution in [0.3, 0.4) is 0 Å². The smallest absolute Gasteiger partial charge is 0.255 e. The van der Waals surface area contributed by atoms with E-state index in [4.69, 9.17) is 0 Å². The second kappa shape index (κ2) is 9.63. The van der Waals surface area contributed by atoms with Gasteiger partial charge in [-0.3, -0.25) is 9.59 Å². The van der Waals surface area contributed by atoms with Gasteiger partial charge in [-0.15, -0.1) is 13.2 Å². The van der Waals surface area contributed by atoms with Crippen LogP contribution in [0.15, 0.2) is 78.7 Å². The fraction of sp³-hybridized carbons (Fsp3) is 0.100. The van der Waals surface area contributed by atoms with Gasteiger partial charge in [-0.25, -0.2) is 13.1 Å². The van der Waals surface area contributed by atoms with Crippen LogP contribution < -0.4 is 15.4 Å². The maximum Gasteiger partial charge on any atom is 0.255 e. The van der Waals surface area contributed by atoms with Crippen molar-refractivity contribution < 1.29 is 18.0 Å². The van der Waals surface area contributed by atoms with Gasteiger partial charge in [-0.1, -0.05) is 30.4 Å². The van der Waals surface area contributed by atoms with Crippen LogP contribution in [0.4, 0.5) is 5.69 Å². The van der Waals surface area contributed by atoms with Crippen molar-refractivity contribution in [2.45, 2.75) is 4.90 Å². The summed E-state index contributed by atoms with van der Waals surface area (Å²) in [6.45, 7) is 7.37. The fourth-order valence-corrected chi connectivity index (χ4v) is 3.34. The summed E-state index contributed by atoms with van der Waals surface area (Å²) in [7, 11) is -3.76. The van der Waals surface area contributed by atoms with E-state index in [0.29, 0.717) is 12.2 Å². The molecule has 2 amide bonds. The molecule has 0 spiro atoms. The molecule has 2 rings (SSSR count). The van der Waals surface area contributed by atoms with Gasteiger partial charge < -0.3 is 10.6 Å². The van der Waals surface area contributed by atoms with Gasteiger partial charge in [0.25, 0.3) is 11.8 Å². The molecule has 0 bridgehead atoms. The minimum Gasteiger partial charge on any atom is -0.349 e. The fourth-order valence-electron chi connectivity index (χ4n) is 2.30. The van der Waals surface area contributed by atoms with Gasteiger partial charge >= 0.3 is 0 Å². The average Bonchev–Trinajstić information content (AvgIpc) is 2.71. The third kappa shape index (κ3) is 5.38. The van der Waals surface area contributed by atoms with Gasteiger partial charge in [-0.2, -0.15) is 0 Å². The van der Waals surface area contributed by atoms with E-state index in [-0.39, 0.29) is 28.5 Å². The van der Waals surface area contributed by atoms with Gasteiger partial charge in [0.1, 0.15) is 0 Å². The molecular formula is C20H21N3O4S. The molecule has 0 aromatic heterocycles. The Morgan fingerprint density at radius 3 is 2.36 bits per heavy atom. The minimum atomic E-state index is -3.76. The highest BCUT2D eigenvalue weighted by Crippen LogP contribution is 2.18. The van der Waals surface area contributed by atoms with E-state index in [2.05, 4.69) is 28.5 Å². The van der Waals surface area contributed by atoms with Crippen molar-refractivity contribution in [2.24, 2.45) is 0 Å². The first kappa shape index (κ1) is 21.1. The summed E-state index contributed by atoms with van der Waals surface area (Å²) in [5.41, 5.74) is 0.740. The summed E-state index contributed by atoms with van der Waals surface area (Å²) in [6, 6.07) is 12.1. The van der Waals surface area contributed by atoms with Crippen LogP contribution >= 0.6 is 0 Å². The summed E-state index contributed by atoms with van der Waals surface area (Å²) >= 11 is 0. The summed E-state index contributed by atoms with van der Waals surface area (Å²) in [4.78, 5) is 24.8. The van der Waals surface area contributed by atoms with Crippen molar-refractivity contribution in [3.8, 4) is 0 Å². The van der Waals surface area contributed by atoms with Crippen molar-refractivity contribution in [1.29, 1.82) is 0 Å². The third-order valence-electron chi connectivity index (χ3n) is 3.65. The second-order valence-electron chi connectivity index (χ2n) is 5.67. The van der Waals surface area contributed by atoms with Crippen molar-refractivity contribution in [2.75, 3.05) is 18.4 Å². The van der Waals surface area contributed by atoms with Gasteiger partial charge in [0.15, 0.2) is 0 Å². The molecule has 146 valence electrons. The molecule has 2 aromatic carbocycles. The lowest BCUT2D eigenvalue weighted by Gasteiger charge is -2.11. The zero-order valence-corrected chi connectivity index (χ0v) is 16.0. The van der Waals surface area contributed by atoms with Crippen LogP contribution in [0.2, 0.25) is 0 Å². The number of benzene rings is 2. The Bertz CT molecular complexity index is 1000. The zero-order valence-electron chi connectivity index (χ0n) is 15.1. The highest BCUT2D eigenvalue weighted by molar-refractivity contribution is 7.89. The normalized spacial score (nSPS) is 10.7. The number of nitrogens with one attached hydrogen (secondary N) is 3. The predicted molar refractivity (Wildman–Crippen MR) is 109 cm³/mol. The van der Waals surface area contributed by atoms with Crippen molar-refractivity contribution >= 4 is 27.5 Å². The number of rotatable bonds is 9. The first-order valence-electron chi connectivity index (χ1n) is 8.39.